The summed E-state index contributed by atoms with van der Waals surface area (Å²) in [5.74, 6) is 4.23. The molecule has 0 radical (unpaired) electrons. The molecule has 0 aromatic heterocycles. The highest BCUT2D eigenvalue weighted by atomic mass is 14.4. The van der Waals surface area contributed by atoms with E-state index in [-0.39, 0.29) is 0 Å². The van der Waals surface area contributed by atoms with Gasteiger partial charge in [-0.1, -0.05) is 52.4 Å². The van der Waals surface area contributed by atoms with Crippen LogP contribution in [-0.4, -0.2) is 0 Å². The largest absolute Gasteiger partial charge is 0.0625 e. The highest BCUT2D eigenvalue weighted by molar-refractivity contribution is 4.83. The highest BCUT2D eigenvalue weighted by Gasteiger charge is 2.32. The number of rotatable bonds is 4. The van der Waals surface area contributed by atoms with Crippen molar-refractivity contribution >= 4 is 0 Å². The van der Waals surface area contributed by atoms with E-state index in [1.807, 2.05) is 0 Å². The molecule has 2 aliphatic carbocycles. The first kappa shape index (κ1) is 9.55. The van der Waals surface area contributed by atoms with Gasteiger partial charge in [0.2, 0.25) is 0 Å². The highest BCUT2D eigenvalue weighted by Crippen LogP contribution is 2.43. The van der Waals surface area contributed by atoms with E-state index in [1.54, 1.807) is 6.42 Å². The van der Waals surface area contributed by atoms with Crippen molar-refractivity contribution in [3.63, 3.8) is 0 Å². The Kier molecular flexibility index (Phi) is 2.96. The van der Waals surface area contributed by atoms with Crippen LogP contribution >= 0.6 is 0 Å². The fraction of sp³-hybridized carbons (Fsp3) is 1.00. The molecule has 2 rings (SSSR count). The zero-order valence-electron chi connectivity index (χ0n) is 9.26. The first-order valence-electron chi connectivity index (χ1n) is 6.27. The fourth-order valence-corrected chi connectivity index (χ4v) is 2.99. The minimum absolute atomic E-state index is 0.936. The smallest absolute Gasteiger partial charge is 0.0360 e. The Morgan fingerprint density at radius 1 is 1.00 bits per heavy atom. The van der Waals surface area contributed by atoms with Crippen LogP contribution in [0.2, 0.25) is 0 Å². The van der Waals surface area contributed by atoms with Crippen molar-refractivity contribution in [3.05, 3.63) is 0 Å². The standard InChI is InChI=1S/C13H24/c1-10(2)13(12-7-4-8-12)9-11-5-3-6-11/h10-13H,3-9H2,1-2H3. The Morgan fingerprint density at radius 3 is 1.92 bits per heavy atom. The minimum atomic E-state index is 0.936. The Hall–Kier alpha value is 0. The van der Waals surface area contributed by atoms with Gasteiger partial charge in [-0.2, -0.15) is 0 Å². The maximum atomic E-state index is 2.43. The molecule has 2 saturated carbocycles. The van der Waals surface area contributed by atoms with Gasteiger partial charge in [0.05, 0.1) is 0 Å². The van der Waals surface area contributed by atoms with E-state index in [1.165, 1.54) is 38.5 Å². The molecule has 0 aromatic rings. The second-order valence-electron chi connectivity index (χ2n) is 5.63. The summed E-state index contributed by atoms with van der Waals surface area (Å²) in [5.41, 5.74) is 0. The van der Waals surface area contributed by atoms with Crippen LogP contribution in [0.4, 0.5) is 0 Å². The molecule has 0 heteroatoms. The van der Waals surface area contributed by atoms with Crippen molar-refractivity contribution in [2.75, 3.05) is 0 Å². The van der Waals surface area contributed by atoms with Crippen LogP contribution < -0.4 is 0 Å². The molecule has 0 nitrogen and oxygen atoms in total. The summed E-state index contributed by atoms with van der Waals surface area (Å²) in [6.45, 7) is 4.86. The van der Waals surface area contributed by atoms with Gasteiger partial charge >= 0.3 is 0 Å². The summed E-state index contributed by atoms with van der Waals surface area (Å²) in [4.78, 5) is 0. The topological polar surface area (TPSA) is 0 Å². The lowest BCUT2D eigenvalue weighted by Gasteiger charge is -2.40. The number of hydrogen-bond donors (Lipinski definition) is 0. The molecule has 2 fully saturated rings. The lowest BCUT2D eigenvalue weighted by atomic mass is 9.66. The van der Waals surface area contributed by atoms with Gasteiger partial charge in [0.1, 0.15) is 0 Å². The molecule has 2 aliphatic rings. The van der Waals surface area contributed by atoms with Crippen molar-refractivity contribution in [2.45, 2.75) is 58.8 Å². The Labute approximate surface area is 83.1 Å². The third-order valence-corrected chi connectivity index (χ3v) is 4.44. The molecular weight excluding hydrogens is 156 g/mol. The molecule has 13 heavy (non-hydrogen) atoms. The van der Waals surface area contributed by atoms with E-state index >= 15 is 0 Å². The second-order valence-corrected chi connectivity index (χ2v) is 5.63. The molecule has 76 valence electrons. The van der Waals surface area contributed by atoms with E-state index in [9.17, 15) is 0 Å². The van der Waals surface area contributed by atoms with Crippen molar-refractivity contribution in [3.8, 4) is 0 Å². The molecule has 0 saturated heterocycles. The van der Waals surface area contributed by atoms with Crippen LogP contribution in [0.25, 0.3) is 0 Å². The minimum Gasteiger partial charge on any atom is -0.0625 e. The van der Waals surface area contributed by atoms with Gasteiger partial charge < -0.3 is 0 Å². The molecule has 1 unspecified atom stereocenters. The molecule has 0 amide bonds. The summed E-state index contributed by atoms with van der Waals surface area (Å²) in [6.07, 6.45) is 10.7. The predicted molar refractivity (Wildman–Crippen MR) is 57.6 cm³/mol. The van der Waals surface area contributed by atoms with Crippen LogP contribution in [0.15, 0.2) is 0 Å². The molecule has 0 spiro atoms. The van der Waals surface area contributed by atoms with Crippen LogP contribution in [0, 0.1) is 23.7 Å². The lowest BCUT2D eigenvalue weighted by Crippen LogP contribution is -2.29. The Bertz CT molecular complexity index is 151. The third-order valence-electron chi connectivity index (χ3n) is 4.44. The van der Waals surface area contributed by atoms with E-state index in [0.717, 1.165) is 23.7 Å². The quantitative estimate of drug-likeness (QED) is 0.606. The van der Waals surface area contributed by atoms with E-state index in [4.69, 9.17) is 0 Å². The first-order valence-corrected chi connectivity index (χ1v) is 6.27. The van der Waals surface area contributed by atoms with E-state index in [0.29, 0.717) is 0 Å². The summed E-state index contributed by atoms with van der Waals surface area (Å²) in [5, 5.41) is 0. The monoisotopic (exact) mass is 180 g/mol. The van der Waals surface area contributed by atoms with E-state index in [2.05, 4.69) is 13.8 Å². The maximum Gasteiger partial charge on any atom is -0.0360 e. The van der Waals surface area contributed by atoms with Gasteiger partial charge in [0, 0.05) is 0 Å². The zero-order valence-corrected chi connectivity index (χ0v) is 9.26. The SMILES string of the molecule is CC(C)C(CC1CCC1)C1CCC1. The molecule has 1 atom stereocenters. The number of hydrogen-bond acceptors (Lipinski definition) is 0. The van der Waals surface area contributed by atoms with Crippen LogP contribution in [0.5, 0.6) is 0 Å². The first-order chi connectivity index (χ1) is 6.27. The average Bonchev–Trinajstić information content (AvgIpc) is 1.88. The normalized spacial score (nSPS) is 27.0. The van der Waals surface area contributed by atoms with Crippen molar-refractivity contribution < 1.29 is 0 Å². The van der Waals surface area contributed by atoms with Gasteiger partial charge in [0.15, 0.2) is 0 Å². The summed E-state index contributed by atoms with van der Waals surface area (Å²) in [6, 6.07) is 0. The summed E-state index contributed by atoms with van der Waals surface area (Å²) in [7, 11) is 0. The molecule has 0 aromatic carbocycles. The molecule has 0 bridgehead atoms. The van der Waals surface area contributed by atoms with Crippen LogP contribution in [-0.2, 0) is 0 Å². The fourth-order valence-electron chi connectivity index (χ4n) is 2.99. The third kappa shape index (κ3) is 2.08. The predicted octanol–water partition coefficient (Wildman–Crippen LogP) is 4.25. The van der Waals surface area contributed by atoms with Crippen molar-refractivity contribution in [1.29, 1.82) is 0 Å². The average molecular weight is 180 g/mol. The molecule has 0 N–H and O–H groups in total. The van der Waals surface area contributed by atoms with Gasteiger partial charge in [-0.3, -0.25) is 0 Å². The summed E-state index contributed by atoms with van der Waals surface area (Å²) < 4.78 is 0. The Morgan fingerprint density at radius 2 is 1.62 bits per heavy atom. The zero-order chi connectivity index (χ0) is 9.26. The van der Waals surface area contributed by atoms with Crippen LogP contribution in [0.3, 0.4) is 0 Å². The Balaban J connectivity index is 1.80. The second kappa shape index (κ2) is 4.02. The molecule has 0 heterocycles. The van der Waals surface area contributed by atoms with Gasteiger partial charge in [-0.05, 0) is 30.1 Å². The van der Waals surface area contributed by atoms with Gasteiger partial charge in [0.25, 0.3) is 0 Å². The van der Waals surface area contributed by atoms with Crippen molar-refractivity contribution in [1.82, 2.24) is 0 Å². The van der Waals surface area contributed by atoms with Crippen LogP contribution in [0.1, 0.15) is 58.8 Å². The lowest BCUT2D eigenvalue weighted by molar-refractivity contribution is 0.109. The van der Waals surface area contributed by atoms with E-state index < -0.39 is 0 Å². The molecular formula is C13H24. The van der Waals surface area contributed by atoms with Gasteiger partial charge in [-0.25, -0.2) is 0 Å². The van der Waals surface area contributed by atoms with Gasteiger partial charge in [-0.15, -0.1) is 0 Å². The van der Waals surface area contributed by atoms with Crippen molar-refractivity contribution in [2.24, 2.45) is 23.7 Å². The maximum absolute atomic E-state index is 2.43. The molecule has 0 aliphatic heterocycles. The summed E-state index contributed by atoms with van der Waals surface area (Å²) >= 11 is 0.